The van der Waals surface area contributed by atoms with Crippen LogP contribution < -0.4 is 5.32 Å². The lowest BCUT2D eigenvalue weighted by molar-refractivity contribution is 0.529. The van der Waals surface area contributed by atoms with Gasteiger partial charge in [-0.2, -0.15) is 5.10 Å². The summed E-state index contributed by atoms with van der Waals surface area (Å²) in [6.07, 6.45) is 2.08. The molecule has 1 N–H and O–H groups in total. The Morgan fingerprint density at radius 1 is 1.24 bits per heavy atom. The van der Waals surface area contributed by atoms with Gasteiger partial charge in [-0.15, -0.1) is 11.3 Å². The lowest BCUT2D eigenvalue weighted by Gasteiger charge is -2.16. The predicted octanol–water partition coefficient (Wildman–Crippen LogP) is 3.92. The molecule has 0 radical (unpaired) electrons. The Hall–Kier alpha value is -1.65. The summed E-state index contributed by atoms with van der Waals surface area (Å²) in [4.78, 5) is 1.39. The quantitative estimate of drug-likeness (QED) is 0.747. The van der Waals surface area contributed by atoms with Gasteiger partial charge in [0.1, 0.15) is 0 Å². The van der Waals surface area contributed by atoms with Crippen LogP contribution in [0.3, 0.4) is 0 Å². The van der Waals surface area contributed by atoms with E-state index in [4.69, 9.17) is 5.10 Å². The van der Waals surface area contributed by atoms with E-state index in [1.165, 1.54) is 21.5 Å². The number of para-hydroxylation sites is 1. The molecule has 3 aromatic rings. The third-order valence-electron chi connectivity index (χ3n) is 3.76. The van der Waals surface area contributed by atoms with Gasteiger partial charge >= 0.3 is 0 Å². The maximum absolute atomic E-state index is 4.73. The van der Waals surface area contributed by atoms with Crippen molar-refractivity contribution in [3.63, 3.8) is 0 Å². The van der Waals surface area contributed by atoms with Crippen molar-refractivity contribution in [2.45, 2.75) is 25.8 Å². The van der Waals surface area contributed by atoms with Gasteiger partial charge in [0, 0.05) is 29.8 Å². The van der Waals surface area contributed by atoms with Gasteiger partial charge in [0.15, 0.2) is 0 Å². The van der Waals surface area contributed by atoms with Gasteiger partial charge in [0.05, 0.1) is 11.2 Å². The number of thiophene rings is 1. The molecule has 4 heteroatoms. The largest absolute Gasteiger partial charge is 0.309 e. The zero-order valence-electron chi connectivity index (χ0n) is 12.5. The second-order valence-electron chi connectivity index (χ2n) is 5.31. The van der Waals surface area contributed by atoms with Crippen LogP contribution in [0, 0.1) is 0 Å². The second-order valence-corrected chi connectivity index (χ2v) is 6.29. The number of benzene rings is 1. The Morgan fingerprint density at radius 2 is 2.10 bits per heavy atom. The molecule has 0 saturated carbocycles. The highest BCUT2D eigenvalue weighted by Crippen LogP contribution is 2.26. The molecule has 0 bridgehead atoms. The topological polar surface area (TPSA) is 29.9 Å². The van der Waals surface area contributed by atoms with Gasteiger partial charge in [0.2, 0.25) is 0 Å². The maximum atomic E-state index is 4.73. The molecular weight excluding hydrogens is 278 g/mol. The van der Waals surface area contributed by atoms with Crippen LogP contribution in [0.1, 0.15) is 30.0 Å². The molecule has 1 atom stereocenters. The molecule has 2 aromatic heterocycles. The highest BCUT2D eigenvalue weighted by atomic mass is 32.1. The molecule has 21 heavy (non-hydrogen) atoms. The Balaban J connectivity index is 1.90. The molecule has 3 rings (SSSR count). The van der Waals surface area contributed by atoms with Crippen molar-refractivity contribution in [3.05, 3.63) is 52.3 Å². The monoisotopic (exact) mass is 299 g/mol. The van der Waals surface area contributed by atoms with Crippen molar-refractivity contribution in [1.82, 2.24) is 15.1 Å². The summed E-state index contributed by atoms with van der Waals surface area (Å²) in [6.45, 7) is 3.24. The minimum atomic E-state index is 0.350. The lowest BCUT2D eigenvalue weighted by Crippen LogP contribution is -2.23. The van der Waals surface area contributed by atoms with Crippen molar-refractivity contribution in [1.29, 1.82) is 0 Å². The summed E-state index contributed by atoms with van der Waals surface area (Å²) in [5, 5.41) is 11.8. The van der Waals surface area contributed by atoms with Crippen molar-refractivity contribution >= 4 is 22.2 Å². The number of hydrogen-bond acceptors (Lipinski definition) is 3. The normalized spacial score (nSPS) is 12.9. The van der Waals surface area contributed by atoms with E-state index in [0.29, 0.717) is 6.04 Å². The smallest absolute Gasteiger partial charge is 0.0722 e. The van der Waals surface area contributed by atoms with E-state index >= 15 is 0 Å². The molecule has 1 unspecified atom stereocenters. The Bertz CT molecular complexity index is 700. The highest BCUT2D eigenvalue weighted by Gasteiger charge is 2.16. The van der Waals surface area contributed by atoms with Crippen molar-refractivity contribution in [3.8, 4) is 0 Å². The van der Waals surface area contributed by atoms with Crippen LogP contribution in [0.5, 0.6) is 0 Å². The average molecular weight is 299 g/mol. The van der Waals surface area contributed by atoms with Crippen molar-refractivity contribution in [2.24, 2.45) is 7.05 Å². The molecule has 1 aromatic carbocycles. The van der Waals surface area contributed by atoms with E-state index in [1.54, 1.807) is 0 Å². The zero-order valence-corrected chi connectivity index (χ0v) is 13.4. The number of aromatic nitrogens is 2. The van der Waals surface area contributed by atoms with Crippen molar-refractivity contribution in [2.75, 3.05) is 6.54 Å². The molecule has 3 nitrogen and oxygen atoms in total. The summed E-state index contributed by atoms with van der Waals surface area (Å²) in [7, 11) is 2.02. The zero-order chi connectivity index (χ0) is 14.7. The molecule has 0 spiro atoms. The first-order valence-electron chi connectivity index (χ1n) is 7.47. The summed E-state index contributed by atoms with van der Waals surface area (Å²) < 4.78 is 1.98. The highest BCUT2D eigenvalue weighted by molar-refractivity contribution is 7.10. The van der Waals surface area contributed by atoms with Crippen LogP contribution in [0.4, 0.5) is 0 Å². The first-order valence-corrected chi connectivity index (χ1v) is 8.35. The number of fused-ring (bicyclic) bond motifs is 1. The molecule has 0 aliphatic carbocycles. The number of hydrogen-bond donors (Lipinski definition) is 1. The summed E-state index contributed by atoms with van der Waals surface area (Å²) in [5.74, 6) is 0. The van der Waals surface area contributed by atoms with Crippen LogP contribution in [0.25, 0.3) is 10.9 Å². The second kappa shape index (κ2) is 6.41. The molecular formula is C17H21N3S. The van der Waals surface area contributed by atoms with Gasteiger partial charge < -0.3 is 5.32 Å². The van der Waals surface area contributed by atoms with E-state index in [9.17, 15) is 0 Å². The molecule has 2 heterocycles. The standard InChI is InChI=1S/C17H21N3S/c1-3-10-18-15(17-9-6-11-21-17)12-14-13-7-4-5-8-16(13)20(2)19-14/h4-9,11,15,18H,3,10,12H2,1-2H3. The maximum Gasteiger partial charge on any atom is 0.0722 e. The minimum Gasteiger partial charge on any atom is -0.309 e. The van der Waals surface area contributed by atoms with E-state index in [1.807, 2.05) is 23.1 Å². The van der Waals surface area contributed by atoms with Crippen LogP contribution in [0.15, 0.2) is 41.8 Å². The van der Waals surface area contributed by atoms with E-state index in [2.05, 4.69) is 54.0 Å². The van der Waals surface area contributed by atoms with E-state index in [0.717, 1.165) is 19.4 Å². The third kappa shape index (κ3) is 3.01. The average Bonchev–Trinajstić information content (AvgIpc) is 3.13. The van der Waals surface area contributed by atoms with Gasteiger partial charge in [-0.05, 0) is 30.5 Å². The number of aryl methyl sites for hydroxylation is 1. The Kier molecular flexibility index (Phi) is 4.36. The van der Waals surface area contributed by atoms with Crippen LogP contribution in [-0.4, -0.2) is 16.3 Å². The molecule has 0 saturated heterocycles. The molecule has 0 aliphatic rings. The minimum absolute atomic E-state index is 0.350. The van der Waals surface area contributed by atoms with Gasteiger partial charge in [-0.1, -0.05) is 31.2 Å². The fourth-order valence-electron chi connectivity index (χ4n) is 2.71. The molecule has 0 aliphatic heterocycles. The first kappa shape index (κ1) is 14.3. The van der Waals surface area contributed by atoms with E-state index in [-0.39, 0.29) is 0 Å². The fourth-order valence-corrected chi connectivity index (χ4v) is 3.52. The van der Waals surface area contributed by atoms with Crippen LogP contribution in [-0.2, 0) is 13.5 Å². The van der Waals surface area contributed by atoms with Crippen molar-refractivity contribution < 1.29 is 0 Å². The first-order chi connectivity index (χ1) is 10.3. The lowest BCUT2D eigenvalue weighted by atomic mass is 10.1. The summed E-state index contributed by atoms with van der Waals surface area (Å²) >= 11 is 1.82. The number of rotatable bonds is 6. The third-order valence-corrected chi connectivity index (χ3v) is 4.75. The van der Waals surface area contributed by atoms with E-state index < -0.39 is 0 Å². The summed E-state index contributed by atoms with van der Waals surface area (Å²) in [5.41, 5.74) is 2.38. The summed E-state index contributed by atoms with van der Waals surface area (Å²) in [6, 6.07) is 13.1. The molecule has 0 amide bonds. The SMILES string of the molecule is CCCNC(Cc1nn(C)c2ccccc12)c1cccs1. The molecule has 0 fully saturated rings. The van der Waals surface area contributed by atoms with Gasteiger partial charge in [-0.25, -0.2) is 0 Å². The Labute approximate surface area is 129 Å². The van der Waals surface area contributed by atoms with Crippen LogP contribution in [0.2, 0.25) is 0 Å². The Morgan fingerprint density at radius 3 is 2.86 bits per heavy atom. The van der Waals surface area contributed by atoms with Gasteiger partial charge in [-0.3, -0.25) is 4.68 Å². The van der Waals surface area contributed by atoms with Gasteiger partial charge in [0.25, 0.3) is 0 Å². The van der Waals surface area contributed by atoms with Crippen LogP contribution >= 0.6 is 11.3 Å². The fraction of sp³-hybridized carbons (Fsp3) is 0.353. The number of nitrogens with one attached hydrogen (secondary N) is 1. The predicted molar refractivity (Wildman–Crippen MR) is 89.8 cm³/mol. The number of nitrogens with zero attached hydrogens (tertiary/aromatic N) is 2. The molecule has 110 valence electrons.